The summed E-state index contributed by atoms with van der Waals surface area (Å²) >= 11 is 0. The van der Waals surface area contributed by atoms with Gasteiger partial charge in [-0.15, -0.1) is 0 Å². The van der Waals surface area contributed by atoms with Crippen molar-refractivity contribution in [1.29, 1.82) is 0 Å². The van der Waals surface area contributed by atoms with Gasteiger partial charge in [0.25, 0.3) is 0 Å². The van der Waals surface area contributed by atoms with Gasteiger partial charge < -0.3 is 11.1 Å². The summed E-state index contributed by atoms with van der Waals surface area (Å²) in [6, 6.07) is 5.17. The zero-order valence-corrected chi connectivity index (χ0v) is 10.4. The number of benzene rings is 1. The monoisotopic (exact) mass is 246 g/mol. The summed E-state index contributed by atoms with van der Waals surface area (Å²) < 4.78 is 0. The molecule has 5 nitrogen and oxygen atoms in total. The molecule has 96 valence electrons. The number of H-pyrrole nitrogens is 1. The van der Waals surface area contributed by atoms with Crippen LogP contribution < -0.4 is 11.1 Å². The number of carbonyl (C=O) groups is 1. The molecule has 18 heavy (non-hydrogen) atoms. The van der Waals surface area contributed by atoms with E-state index in [-0.39, 0.29) is 5.91 Å². The van der Waals surface area contributed by atoms with Crippen molar-refractivity contribution >= 4 is 22.5 Å². The number of fused-ring (bicyclic) bond motifs is 1. The van der Waals surface area contributed by atoms with Gasteiger partial charge in [0.15, 0.2) is 0 Å². The first-order chi connectivity index (χ1) is 8.70. The third-order valence-electron chi connectivity index (χ3n) is 2.91. The summed E-state index contributed by atoms with van der Waals surface area (Å²) in [6.07, 6.45) is 4.47. The van der Waals surface area contributed by atoms with Crippen molar-refractivity contribution in [1.82, 2.24) is 10.2 Å². The number of rotatable bonds is 5. The lowest BCUT2D eigenvalue weighted by molar-refractivity contribution is -0.117. The highest BCUT2D eigenvalue weighted by Gasteiger charge is 2.12. The quantitative estimate of drug-likeness (QED) is 0.754. The van der Waals surface area contributed by atoms with Gasteiger partial charge in [0.1, 0.15) is 0 Å². The number of aromatic amines is 1. The van der Waals surface area contributed by atoms with E-state index in [1.54, 1.807) is 6.20 Å². The zero-order valence-electron chi connectivity index (χ0n) is 10.4. The van der Waals surface area contributed by atoms with E-state index in [2.05, 4.69) is 22.4 Å². The van der Waals surface area contributed by atoms with E-state index in [4.69, 9.17) is 5.73 Å². The Morgan fingerprint density at radius 2 is 2.39 bits per heavy atom. The van der Waals surface area contributed by atoms with E-state index >= 15 is 0 Å². The molecule has 0 aliphatic rings. The number of aromatic nitrogens is 2. The Kier molecular flexibility index (Phi) is 3.94. The van der Waals surface area contributed by atoms with Gasteiger partial charge in [-0.3, -0.25) is 9.89 Å². The molecule has 0 spiro atoms. The molecular weight excluding hydrogens is 228 g/mol. The third kappa shape index (κ3) is 2.87. The van der Waals surface area contributed by atoms with Crippen LogP contribution in [0.1, 0.15) is 26.2 Å². The Balaban J connectivity index is 2.01. The Bertz CT molecular complexity index is 535. The molecule has 0 aliphatic carbocycles. The van der Waals surface area contributed by atoms with Gasteiger partial charge in [-0.05, 0) is 24.6 Å². The van der Waals surface area contributed by atoms with Gasteiger partial charge in [0.2, 0.25) is 5.91 Å². The number of nitrogens with one attached hydrogen (secondary N) is 2. The number of carbonyl (C=O) groups excluding carboxylic acids is 1. The molecular formula is C13H18N4O. The molecule has 2 rings (SSSR count). The summed E-state index contributed by atoms with van der Waals surface area (Å²) in [5, 5.41) is 10.6. The van der Waals surface area contributed by atoms with Crippen LogP contribution in [-0.2, 0) is 4.79 Å². The second-order valence-electron chi connectivity index (χ2n) is 4.41. The Morgan fingerprint density at radius 1 is 1.56 bits per heavy atom. The van der Waals surface area contributed by atoms with Crippen LogP contribution in [0.5, 0.6) is 0 Å². The number of nitrogens with zero attached hydrogens (tertiary/aromatic N) is 1. The van der Waals surface area contributed by atoms with Gasteiger partial charge in [-0.2, -0.15) is 5.10 Å². The maximum Gasteiger partial charge on any atom is 0.241 e. The minimum atomic E-state index is -0.442. The Morgan fingerprint density at radius 3 is 3.17 bits per heavy atom. The number of hydrogen-bond donors (Lipinski definition) is 3. The average molecular weight is 246 g/mol. The lowest BCUT2D eigenvalue weighted by Crippen LogP contribution is -2.35. The molecule has 1 atom stereocenters. The van der Waals surface area contributed by atoms with Crippen LogP contribution in [0.25, 0.3) is 10.9 Å². The molecule has 0 saturated heterocycles. The topological polar surface area (TPSA) is 83.8 Å². The predicted molar refractivity (Wildman–Crippen MR) is 72.2 cm³/mol. The van der Waals surface area contributed by atoms with Crippen LogP contribution in [0.4, 0.5) is 5.69 Å². The van der Waals surface area contributed by atoms with Crippen LogP contribution in [0, 0.1) is 0 Å². The van der Waals surface area contributed by atoms with E-state index in [0.29, 0.717) is 6.42 Å². The number of unbranched alkanes of at least 4 members (excludes halogenated alkanes) is 1. The van der Waals surface area contributed by atoms with Crippen LogP contribution >= 0.6 is 0 Å². The normalized spacial score (nSPS) is 12.6. The largest absolute Gasteiger partial charge is 0.325 e. The van der Waals surface area contributed by atoms with E-state index in [9.17, 15) is 4.79 Å². The van der Waals surface area contributed by atoms with Crippen molar-refractivity contribution in [3.63, 3.8) is 0 Å². The molecule has 1 aromatic heterocycles. The summed E-state index contributed by atoms with van der Waals surface area (Å²) in [5.41, 5.74) is 7.45. The fourth-order valence-electron chi connectivity index (χ4n) is 1.80. The zero-order chi connectivity index (χ0) is 13.0. The van der Waals surface area contributed by atoms with Crippen molar-refractivity contribution < 1.29 is 4.79 Å². The van der Waals surface area contributed by atoms with Crippen molar-refractivity contribution in [3.8, 4) is 0 Å². The number of hydrogen-bond acceptors (Lipinski definition) is 3. The molecule has 0 radical (unpaired) electrons. The minimum absolute atomic E-state index is 0.137. The molecule has 1 amide bonds. The molecule has 0 unspecified atom stereocenters. The second kappa shape index (κ2) is 5.64. The van der Waals surface area contributed by atoms with E-state index in [1.165, 1.54) is 0 Å². The van der Waals surface area contributed by atoms with Gasteiger partial charge in [0.05, 0.1) is 17.8 Å². The highest BCUT2D eigenvalue weighted by atomic mass is 16.2. The number of amides is 1. The van der Waals surface area contributed by atoms with Crippen molar-refractivity contribution in [3.05, 3.63) is 24.4 Å². The molecule has 5 heteroatoms. The van der Waals surface area contributed by atoms with E-state index in [1.807, 2.05) is 18.2 Å². The van der Waals surface area contributed by atoms with Crippen molar-refractivity contribution in [2.24, 2.45) is 5.73 Å². The van der Waals surface area contributed by atoms with Crippen LogP contribution in [0.15, 0.2) is 24.4 Å². The predicted octanol–water partition coefficient (Wildman–Crippen LogP) is 2.02. The standard InChI is InChI=1S/C13H18N4O/c1-2-3-4-11(14)13(18)16-10-6-5-9-8-15-17-12(9)7-10/h5-8,11H,2-4,14H2,1H3,(H,15,17)(H,16,18)/t11-/m0/s1. The SMILES string of the molecule is CCCC[C@H](N)C(=O)Nc1ccc2cn[nH]c2c1. The van der Waals surface area contributed by atoms with Gasteiger partial charge in [0, 0.05) is 11.1 Å². The highest BCUT2D eigenvalue weighted by Crippen LogP contribution is 2.16. The first-order valence-corrected chi connectivity index (χ1v) is 6.20. The summed E-state index contributed by atoms with van der Waals surface area (Å²) in [4.78, 5) is 11.8. The molecule has 4 N–H and O–H groups in total. The molecule has 0 fully saturated rings. The molecule has 0 bridgehead atoms. The molecule has 0 saturated carbocycles. The van der Waals surface area contributed by atoms with Crippen LogP contribution in [0.2, 0.25) is 0 Å². The van der Waals surface area contributed by atoms with Crippen LogP contribution in [0.3, 0.4) is 0 Å². The molecule has 0 aliphatic heterocycles. The van der Waals surface area contributed by atoms with Crippen LogP contribution in [-0.4, -0.2) is 22.1 Å². The fourth-order valence-corrected chi connectivity index (χ4v) is 1.80. The molecule has 1 heterocycles. The Hall–Kier alpha value is -1.88. The highest BCUT2D eigenvalue weighted by molar-refractivity contribution is 5.96. The number of anilines is 1. The summed E-state index contributed by atoms with van der Waals surface area (Å²) in [5.74, 6) is -0.137. The van der Waals surface area contributed by atoms with Gasteiger partial charge >= 0.3 is 0 Å². The third-order valence-corrected chi connectivity index (χ3v) is 2.91. The summed E-state index contributed by atoms with van der Waals surface area (Å²) in [6.45, 7) is 2.08. The second-order valence-corrected chi connectivity index (χ2v) is 4.41. The average Bonchev–Trinajstić information content (AvgIpc) is 2.83. The molecule has 1 aromatic carbocycles. The maximum atomic E-state index is 11.8. The first-order valence-electron chi connectivity index (χ1n) is 6.20. The van der Waals surface area contributed by atoms with Gasteiger partial charge in [-0.25, -0.2) is 0 Å². The van der Waals surface area contributed by atoms with Crippen molar-refractivity contribution in [2.75, 3.05) is 5.32 Å². The lowest BCUT2D eigenvalue weighted by Gasteiger charge is -2.11. The fraction of sp³-hybridized carbons (Fsp3) is 0.385. The first kappa shape index (κ1) is 12.6. The molecule has 2 aromatic rings. The maximum absolute atomic E-state index is 11.8. The number of nitrogens with two attached hydrogens (primary N) is 1. The van der Waals surface area contributed by atoms with E-state index in [0.717, 1.165) is 29.4 Å². The van der Waals surface area contributed by atoms with Crippen molar-refractivity contribution in [2.45, 2.75) is 32.2 Å². The Labute approximate surface area is 106 Å². The lowest BCUT2D eigenvalue weighted by atomic mass is 10.1. The summed E-state index contributed by atoms with van der Waals surface area (Å²) in [7, 11) is 0. The van der Waals surface area contributed by atoms with Gasteiger partial charge in [-0.1, -0.05) is 19.8 Å². The van der Waals surface area contributed by atoms with E-state index < -0.39 is 6.04 Å². The smallest absolute Gasteiger partial charge is 0.241 e. The minimum Gasteiger partial charge on any atom is -0.325 e.